The van der Waals surface area contributed by atoms with E-state index >= 15 is 0 Å². The van der Waals surface area contributed by atoms with Gasteiger partial charge in [0.1, 0.15) is 11.6 Å². The van der Waals surface area contributed by atoms with Crippen LogP contribution in [0.3, 0.4) is 0 Å². The lowest BCUT2D eigenvalue weighted by Gasteiger charge is -2.29. The van der Waals surface area contributed by atoms with Crippen molar-refractivity contribution in [2.75, 3.05) is 7.05 Å². The molecule has 0 bridgehead atoms. The van der Waals surface area contributed by atoms with E-state index in [2.05, 4.69) is 38.8 Å². The number of para-hydroxylation sites is 1. The molecular weight excluding hydrogens is 384 g/mol. The fourth-order valence-corrected chi connectivity index (χ4v) is 4.77. The molecule has 2 aromatic carbocycles. The van der Waals surface area contributed by atoms with E-state index < -0.39 is 0 Å². The molecule has 0 amide bonds. The third-order valence-corrected chi connectivity index (χ3v) is 6.21. The summed E-state index contributed by atoms with van der Waals surface area (Å²) in [6, 6.07) is 16.3. The van der Waals surface area contributed by atoms with Crippen molar-refractivity contribution in [2.24, 2.45) is 0 Å². The van der Waals surface area contributed by atoms with Gasteiger partial charge in [-0.15, -0.1) is 10.2 Å². The number of benzene rings is 2. The van der Waals surface area contributed by atoms with Crippen LogP contribution < -0.4 is 4.74 Å². The van der Waals surface area contributed by atoms with Crippen LogP contribution >= 0.6 is 11.6 Å². The predicted octanol–water partition coefficient (Wildman–Crippen LogP) is 4.97. The van der Waals surface area contributed by atoms with Gasteiger partial charge in [0.05, 0.1) is 18.3 Å². The van der Waals surface area contributed by atoms with Crippen LogP contribution in [0.1, 0.15) is 48.8 Å². The Kier molecular flexibility index (Phi) is 5.02. The molecule has 1 aliphatic heterocycles. The molecule has 1 saturated carbocycles. The Morgan fingerprint density at radius 2 is 1.76 bits per heavy atom. The van der Waals surface area contributed by atoms with E-state index in [0.29, 0.717) is 5.92 Å². The molecular formula is C23H25ClN4O. The molecule has 0 radical (unpaired) electrons. The number of ether oxygens (including phenoxy) is 1. The van der Waals surface area contributed by atoms with Crippen molar-refractivity contribution in [3.63, 3.8) is 0 Å². The van der Waals surface area contributed by atoms with Crippen LogP contribution in [0.25, 0.3) is 5.69 Å². The van der Waals surface area contributed by atoms with Crippen LogP contribution in [0.15, 0.2) is 48.5 Å². The second-order valence-corrected chi connectivity index (χ2v) is 8.60. The normalized spacial score (nSPS) is 21.9. The zero-order valence-electron chi connectivity index (χ0n) is 16.6. The molecule has 1 aromatic heterocycles. The molecule has 150 valence electrons. The number of hydrogen-bond donors (Lipinski definition) is 0. The summed E-state index contributed by atoms with van der Waals surface area (Å²) in [5.74, 6) is 3.45. The number of hydrogen-bond acceptors (Lipinski definition) is 4. The summed E-state index contributed by atoms with van der Waals surface area (Å²) >= 11 is 6.28. The minimum absolute atomic E-state index is 0.275. The molecule has 0 saturated heterocycles. The first-order valence-corrected chi connectivity index (χ1v) is 10.7. The molecule has 1 aliphatic carbocycles. The monoisotopic (exact) mass is 408 g/mol. The second kappa shape index (κ2) is 7.81. The summed E-state index contributed by atoms with van der Waals surface area (Å²) in [5.41, 5.74) is 2.39. The van der Waals surface area contributed by atoms with Crippen molar-refractivity contribution >= 4 is 11.6 Å². The minimum Gasteiger partial charge on any atom is -0.490 e. The minimum atomic E-state index is 0.275. The standard InChI is InChI=1S/C23H25ClN4O/c1-27-14-17-13-18(24)9-12-21(17)28-22(15-27)25-26-23(28)16-7-10-20(11-8-16)29-19-5-3-2-4-6-19/h2-6,9,12-13,16,20H,7-8,10-11,14-15H2,1H3/t16-,20-. The summed E-state index contributed by atoms with van der Waals surface area (Å²) in [4.78, 5) is 2.26. The molecule has 0 N–H and O–H groups in total. The lowest BCUT2D eigenvalue weighted by molar-refractivity contribution is 0.144. The van der Waals surface area contributed by atoms with Gasteiger partial charge in [-0.2, -0.15) is 0 Å². The maximum Gasteiger partial charge on any atom is 0.151 e. The number of halogens is 1. The SMILES string of the molecule is CN1Cc2cc(Cl)ccc2-n2c(nnc2[C@H]2CC[C@H](Oc3ccccc3)CC2)C1. The van der Waals surface area contributed by atoms with Crippen molar-refractivity contribution in [3.8, 4) is 11.4 Å². The average Bonchev–Trinajstić information content (AvgIpc) is 3.06. The lowest BCUT2D eigenvalue weighted by Crippen LogP contribution is -2.24. The summed E-state index contributed by atoms with van der Waals surface area (Å²) in [5, 5.41) is 9.97. The molecule has 0 spiro atoms. The average molecular weight is 409 g/mol. The van der Waals surface area contributed by atoms with Crippen molar-refractivity contribution in [3.05, 3.63) is 70.8 Å². The lowest BCUT2D eigenvalue weighted by atomic mass is 9.86. The Hall–Kier alpha value is -2.37. The van der Waals surface area contributed by atoms with E-state index in [4.69, 9.17) is 16.3 Å². The highest BCUT2D eigenvalue weighted by Gasteiger charge is 2.30. The van der Waals surface area contributed by atoms with Crippen LogP contribution in [0.4, 0.5) is 0 Å². The van der Waals surface area contributed by atoms with E-state index in [-0.39, 0.29) is 6.10 Å². The van der Waals surface area contributed by atoms with Crippen molar-refractivity contribution < 1.29 is 4.74 Å². The van der Waals surface area contributed by atoms with E-state index in [1.807, 2.05) is 36.4 Å². The third kappa shape index (κ3) is 3.77. The first-order chi connectivity index (χ1) is 14.2. The Morgan fingerprint density at radius 3 is 2.55 bits per heavy atom. The number of aromatic nitrogens is 3. The van der Waals surface area contributed by atoms with Gasteiger partial charge in [0.25, 0.3) is 0 Å². The summed E-state index contributed by atoms with van der Waals surface area (Å²) in [6.07, 6.45) is 4.48. The molecule has 2 aliphatic rings. The van der Waals surface area contributed by atoms with E-state index in [1.165, 1.54) is 5.56 Å². The molecule has 29 heavy (non-hydrogen) atoms. The zero-order chi connectivity index (χ0) is 19.8. The number of fused-ring (bicyclic) bond motifs is 3. The first kappa shape index (κ1) is 18.6. The second-order valence-electron chi connectivity index (χ2n) is 8.16. The predicted molar refractivity (Wildman–Crippen MR) is 114 cm³/mol. The summed E-state index contributed by atoms with van der Waals surface area (Å²) < 4.78 is 8.45. The van der Waals surface area contributed by atoms with E-state index in [1.54, 1.807) is 0 Å². The Morgan fingerprint density at radius 1 is 0.966 bits per heavy atom. The highest BCUT2D eigenvalue weighted by Crippen LogP contribution is 2.36. The van der Waals surface area contributed by atoms with Crippen LogP contribution in [0.5, 0.6) is 5.75 Å². The van der Waals surface area contributed by atoms with Gasteiger partial charge in [-0.05, 0) is 68.6 Å². The Balaban J connectivity index is 1.38. The fourth-order valence-electron chi connectivity index (χ4n) is 4.58. The fraction of sp³-hybridized carbons (Fsp3) is 0.391. The van der Waals surface area contributed by atoms with Gasteiger partial charge in [-0.1, -0.05) is 29.8 Å². The topological polar surface area (TPSA) is 43.2 Å². The van der Waals surface area contributed by atoms with Gasteiger partial charge >= 0.3 is 0 Å². The molecule has 2 heterocycles. The number of nitrogens with zero attached hydrogens (tertiary/aromatic N) is 4. The zero-order valence-corrected chi connectivity index (χ0v) is 17.3. The molecule has 0 atom stereocenters. The van der Waals surface area contributed by atoms with Gasteiger partial charge in [0, 0.05) is 17.5 Å². The van der Waals surface area contributed by atoms with Gasteiger partial charge in [0.2, 0.25) is 0 Å². The number of rotatable bonds is 3. The molecule has 5 nitrogen and oxygen atoms in total. The van der Waals surface area contributed by atoms with Crippen LogP contribution in [0.2, 0.25) is 5.02 Å². The summed E-state index contributed by atoms with van der Waals surface area (Å²) in [7, 11) is 2.11. The largest absolute Gasteiger partial charge is 0.490 e. The van der Waals surface area contributed by atoms with Gasteiger partial charge < -0.3 is 4.74 Å². The highest BCUT2D eigenvalue weighted by molar-refractivity contribution is 6.30. The molecule has 6 heteroatoms. The molecule has 1 fully saturated rings. The van der Waals surface area contributed by atoms with Gasteiger partial charge in [-0.3, -0.25) is 9.47 Å². The van der Waals surface area contributed by atoms with Crippen LogP contribution in [0, 0.1) is 0 Å². The molecule has 0 unspecified atom stereocenters. The van der Waals surface area contributed by atoms with Crippen molar-refractivity contribution in [1.82, 2.24) is 19.7 Å². The Labute approximate surface area is 176 Å². The Bertz CT molecular complexity index is 995. The molecule has 3 aromatic rings. The van der Waals surface area contributed by atoms with Crippen LogP contribution in [-0.4, -0.2) is 32.8 Å². The quantitative estimate of drug-likeness (QED) is 0.613. The van der Waals surface area contributed by atoms with Gasteiger partial charge in [-0.25, -0.2) is 0 Å². The van der Waals surface area contributed by atoms with Gasteiger partial charge in [0.15, 0.2) is 5.82 Å². The maximum atomic E-state index is 6.28. The van der Waals surface area contributed by atoms with Crippen LogP contribution in [-0.2, 0) is 13.1 Å². The molecule has 5 rings (SSSR count). The van der Waals surface area contributed by atoms with E-state index in [9.17, 15) is 0 Å². The smallest absolute Gasteiger partial charge is 0.151 e. The van der Waals surface area contributed by atoms with Crippen molar-refractivity contribution in [2.45, 2.75) is 50.8 Å². The van der Waals surface area contributed by atoms with Crippen molar-refractivity contribution in [1.29, 1.82) is 0 Å². The highest BCUT2D eigenvalue weighted by atomic mass is 35.5. The maximum absolute atomic E-state index is 6.28. The third-order valence-electron chi connectivity index (χ3n) is 5.97. The van der Waals surface area contributed by atoms with E-state index in [0.717, 1.165) is 66.9 Å². The first-order valence-electron chi connectivity index (χ1n) is 10.3. The summed E-state index contributed by atoms with van der Waals surface area (Å²) in [6.45, 7) is 1.64.